The van der Waals surface area contributed by atoms with E-state index in [1.54, 1.807) is 48.8 Å². The van der Waals surface area contributed by atoms with Crippen LogP contribution in [0.4, 0.5) is 10.1 Å². The molecule has 1 amide bonds. The average molecular weight is 419 g/mol. The summed E-state index contributed by atoms with van der Waals surface area (Å²) in [5.41, 5.74) is 1.33. The molecule has 2 heterocycles. The molecule has 31 heavy (non-hydrogen) atoms. The van der Waals surface area contributed by atoms with E-state index >= 15 is 0 Å². The number of carbonyl (C=O) groups is 1. The number of aromatic nitrogens is 4. The summed E-state index contributed by atoms with van der Waals surface area (Å²) >= 11 is 0. The van der Waals surface area contributed by atoms with Crippen molar-refractivity contribution in [2.45, 2.75) is 19.3 Å². The zero-order chi connectivity index (χ0) is 21.5. The number of hydrogen-bond acceptors (Lipinski definition) is 7. The maximum atomic E-state index is 13.0. The Hall–Kier alpha value is -4.14. The first kappa shape index (κ1) is 20.1. The number of hydrogen-bond donors (Lipinski definition) is 1. The van der Waals surface area contributed by atoms with Gasteiger partial charge in [0.15, 0.2) is 0 Å². The van der Waals surface area contributed by atoms with Crippen molar-refractivity contribution in [3.8, 4) is 23.0 Å². The summed E-state index contributed by atoms with van der Waals surface area (Å²) < 4.78 is 23.8. The Morgan fingerprint density at radius 3 is 2.61 bits per heavy atom. The topological polar surface area (TPSA) is 103 Å². The van der Waals surface area contributed by atoms with Gasteiger partial charge in [-0.15, -0.1) is 0 Å². The van der Waals surface area contributed by atoms with E-state index in [2.05, 4.69) is 25.4 Å². The second-order valence-electron chi connectivity index (χ2n) is 6.59. The van der Waals surface area contributed by atoms with Crippen LogP contribution in [0.5, 0.6) is 11.6 Å². The molecule has 0 aliphatic heterocycles. The molecule has 0 saturated carbocycles. The smallest absolute Gasteiger partial charge is 0.237 e. The monoisotopic (exact) mass is 419 g/mol. The zero-order valence-corrected chi connectivity index (χ0v) is 16.4. The largest absolute Gasteiger partial charge is 0.438 e. The molecule has 0 atom stereocenters. The number of nitrogens with one attached hydrogen (secondary N) is 1. The highest BCUT2D eigenvalue weighted by Crippen LogP contribution is 2.21. The van der Waals surface area contributed by atoms with E-state index in [-0.39, 0.29) is 11.7 Å². The quantitative estimate of drug-likeness (QED) is 0.451. The summed E-state index contributed by atoms with van der Waals surface area (Å²) in [6, 6.07) is 12.8. The number of carbonyl (C=O) groups excluding carboxylic acids is 1. The highest BCUT2D eigenvalue weighted by Gasteiger charge is 2.10. The number of rotatable bonds is 8. The van der Waals surface area contributed by atoms with Crippen LogP contribution in [0.3, 0.4) is 0 Å². The SMILES string of the molecule is O=C(CCCc1nc(-c2ccc(F)cc2)no1)Nc1ccc(Oc2cnccn2)cc1. The van der Waals surface area contributed by atoms with E-state index in [9.17, 15) is 9.18 Å². The molecule has 0 fully saturated rings. The van der Waals surface area contributed by atoms with Crippen LogP contribution < -0.4 is 10.1 Å². The first-order valence-corrected chi connectivity index (χ1v) is 9.58. The Kier molecular flexibility index (Phi) is 6.22. The highest BCUT2D eigenvalue weighted by molar-refractivity contribution is 5.90. The maximum absolute atomic E-state index is 13.0. The van der Waals surface area contributed by atoms with Crippen molar-refractivity contribution in [2.24, 2.45) is 0 Å². The summed E-state index contributed by atoms with van der Waals surface area (Å²) in [4.78, 5) is 24.4. The summed E-state index contributed by atoms with van der Waals surface area (Å²) in [6.07, 6.45) is 5.93. The minimum Gasteiger partial charge on any atom is -0.438 e. The predicted octanol–water partition coefficient (Wildman–Crippen LogP) is 4.42. The molecule has 0 aliphatic carbocycles. The molecule has 156 valence electrons. The minimum absolute atomic E-state index is 0.124. The number of anilines is 1. The fourth-order valence-corrected chi connectivity index (χ4v) is 2.76. The molecule has 0 unspecified atom stereocenters. The van der Waals surface area contributed by atoms with Gasteiger partial charge in [-0.25, -0.2) is 9.37 Å². The van der Waals surface area contributed by atoms with E-state index < -0.39 is 0 Å². The van der Waals surface area contributed by atoms with Crippen molar-refractivity contribution in [2.75, 3.05) is 5.32 Å². The van der Waals surface area contributed by atoms with E-state index in [0.29, 0.717) is 53.9 Å². The van der Waals surface area contributed by atoms with Crippen LogP contribution in [0.2, 0.25) is 0 Å². The van der Waals surface area contributed by atoms with Gasteiger partial charge < -0.3 is 14.6 Å². The number of nitrogens with zero attached hydrogens (tertiary/aromatic N) is 4. The number of aryl methyl sites for hydroxylation is 1. The van der Waals surface area contributed by atoms with Crippen LogP contribution in [-0.2, 0) is 11.2 Å². The second-order valence-corrected chi connectivity index (χ2v) is 6.59. The molecular formula is C22H18FN5O3. The lowest BCUT2D eigenvalue weighted by atomic mass is 10.2. The van der Waals surface area contributed by atoms with Gasteiger partial charge in [-0.1, -0.05) is 5.16 Å². The number of halogens is 1. The molecule has 0 bridgehead atoms. The van der Waals surface area contributed by atoms with Gasteiger partial charge in [0.2, 0.25) is 23.5 Å². The molecule has 9 heteroatoms. The van der Waals surface area contributed by atoms with Crippen LogP contribution in [0.1, 0.15) is 18.7 Å². The Morgan fingerprint density at radius 1 is 1.06 bits per heavy atom. The first-order valence-electron chi connectivity index (χ1n) is 9.58. The lowest BCUT2D eigenvalue weighted by Crippen LogP contribution is -2.11. The molecule has 8 nitrogen and oxygen atoms in total. The van der Waals surface area contributed by atoms with Crippen LogP contribution in [0, 0.1) is 5.82 Å². The van der Waals surface area contributed by atoms with Gasteiger partial charge in [0, 0.05) is 36.5 Å². The van der Waals surface area contributed by atoms with Crippen molar-refractivity contribution in [3.63, 3.8) is 0 Å². The molecule has 0 saturated heterocycles. The molecule has 0 spiro atoms. The van der Waals surface area contributed by atoms with E-state index in [1.165, 1.54) is 18.3 Å². The lowest BCUT2D eigenvalue weighted by Gasteiger charge is -2.07. The molecule has 1 N–H and O–H groups in total. The van der Waals surface area contributed by atoms with Gasteiger partial charge in [0.05, 0.1) is 6.20 Å². The van der Waals surface area contributed by atoms with Crippen LogP contribution in [0.15, 0.2) is 71.6 Å². The maximum Gasteiger partial charge on any atom is 0.237 e. The van der Waals surface area contributed by atoms with Gasteiger partial charge in [-0.2, -0.15) is 4.98 Å². The van der Waals surface area contributed by atoms with Crippen LogP contribution >= 0.6 is 0 Å². The van der Waals surface area contributed by atoms with Gasteiger partial charge in [0.25, 0.3) is 0 Å². The zero-order valence-electron chi connectivity index (χ0n) is 16.4. The third-order valence-corrected chi connectivity index (χ3v) is 4.26. The molecule has 2 aromatic carbocycles. The molecular weight excluding hydrogens is 401 g/mol. The Labute approximate surface area is 177 Å². The molecule has 2 aromatic heterocycles. The molecule has 0 radical (unpaired) electrons. The van der Waals surface area contributed by atoms with Crippen LogP contribution in [0.25, 0.3) is 11.4 Å². The number of amides is 1. The molecule has 4 aromatic rings. The van der Waals surface area contributed by atoms with E-state index in [1.807, 2.05) is 0 Å². The van der Waals surface area contributed by atoms with E-state index in [0.717, 1.165) is 0 Å². The lowest BCUT2D eigenvalue weighted by molar-refractivity contribution is -0.116. The summed E-state index contributed by atoms with van der Waals surface area (Å²) in [6.45, 7) is 0. The van der Waals surface area contributed by atoms with Gasteiger partial charge >= 0.3 is 0 Å². The first-order chi connectivity index (χ1) is 15.2. The average Bonchev–Trinajstić information content (AvgIpc) is 3.25. The summed E-state index contributed by atoms with van der Waals surface area (Å²) in [5, 5.41) is 6.72. The predicted molar refractivity (Wildman–Crippen MR) is 110 cm³/mol. The molecule has 0 aliphatic rings. The van der Waals surface area contributed by atoms with Crippen LogP contribution in [-0.4, -0.2) is 26.0 Å². The van der Waals surface area contributed by atoms with Gasteiger partial charge in [-0.3, -0.25) is 9.78 Å². The van der Waals surface area contributed by atoms with Gasteiger partial charge in [-0.05, 0) is 55.0 Å². The Bertz CT molecular complexity index is 1130. The normalized spacial score (nSPS) is 10.6. The summed E-state index contributed by atoms with van der Waals surface area (Å²) in [7, 11) is 0. The third-order valence-electron chi connectivity index (χ3n) is 4.26. The Morgan fingerprint density at radius 2 is 1.87 bits per heavy atom. The number of ether oxygens (including phenoxy) is 1. The number of benzene rings is 2. The summed E-state index contributed by atoms with van der Waals surface area (Å²) in [5.74, 6) is 1.35. The molecule has 4 rings (SSSR count). The van der Waals surface area contributed by atoms with Crippen molar-refractivity contribution < 1.29 is 18.4 Å². The Balaban J connectivity index is 1.23. The highest BCUT2D eigenvalue weighted by atomic mass is 19.1. The van der Waals surface area contributed by atoms with E-state index in [4.69, 9.17) is 9.26 Å². The van der Waals surface area contributed by atoms with Crippen molar-refractivity contribution in [1.29, 1.82) is 0 Å². The fourth-order valence-electron chi connectivity index (χ4n) is 2.76. The van der Waals surface area contributed by atoms with Gasteiger partial charge in [0.1, 0.15) is 11.6 Å². The fraction of sp³-hybridized carbons (Fsp3) is 0.136. The standard InChI is InChI=1S/C22H18FN5O3/c23-16-6-4-15(5-7-16)22-27-20(31-28-22)3-1-2-19(29)26-17-8-10-18(11-9-17)30-21-14-24-12-13-25-21/h4-14H,1-3H2,(H,26,29). The van der Waals surface area contributed by atoms with Crippen molar-refractivity contribution in [1.82, 2.24) is 20.1 Å². The van der Waals surface area contributed by atoms with Crippen molar-refractivity contribution >= 4 is 11.6 Å². The van der Waals surface area contributed by atoms with Crippen molar-refractivity contribution in [3.05, 3.63) is 78.8 Å². The third kappa shape index (κ3) is 5.69. The minimum atomic E-state index is -0.328. The second kappa shape index (κ2) is 9.57.